The molecular formula is C12H24N2NaO4. The zero-order valence-electron chi connectivity index (χ0n) is 12.0. The average Bonchev–Trinajstić information content (AvgIpc) is 2.29. The van der Waals surface area contributed by atoms with Crippen molar-refractivity contribution in [3.05, 3.63) is 0 Å². The second kappa shape index (κ2) is 14.3. The van der Waals surface area contributed by atoms with E-state index in [4.69, 9.17) is 10.2 Å². The van der Waals surface area contributed by atoms with Crippen LogP contribution < -0.4 is 5.32 Å². The average molecular weight is 283 g/mol. The van der Waals surface area contributed by atoms with Gasteiger partial charge in [-0.3, -0.25) is 14.5 Å². The van der Waals surface area contributed by atoms with Crippen molar-refractivity contribution in [3.63, 3.8) is 0 Å². The van der Waals surface area contributed by atoms with Gasteiger partial charge in [0.25, 0.3) is 0 Å². The SMILES string of the molecule is CCCCCC(=O)NCCN(CCO)CC(=O)O.[Na]. The summed E-state index contributed by atoms with van der Waals surface area (Å²) in [5.41, 5.74) is 0. The summed E-state index contributed by atoms with van der Waals surface area (Å²) in [6, 6.07) is 0. The monoisotopic (exact) mass is 283 g/mol. The molecule has 0 spiro atoms. The van der Waals surface area contributed by atoms with Gasteiger partial charge in [0.15, 0.2) is 0 Å². The van der Waals surface area contributed by atoms with Gasteiger partial charge in [0.1, 0.15) is 0 Å². The van der Waals surface area contributed by atoms with Crippen LogP contribution in [0.4, 0.5) is 0 Å². The van der Waals surface area contributed by atoms with Gasteiger partial charge in [0.05, 0.1) is 13.2 Å². The molecule has 0 aliphatic rings. The molecule has 3 N–H and O–H groups in total. The number of aliphatic carboxylic acids is 1. The Labute approximate surface area is 136 Å². The summed E-state index contributed by atoms with van der Waals surface area (Å²) in [5, 5.41) is 20.2. The maximum absolute atomic E-state index is 11.4. The molecular weight excluding hydrogens is 259 g/mol. The van der Waals surface area contributed by atoms with E-state index in [1.54, 1.807) is 4.90 Å². The maximum atomic E-state index is 11.4. The zero-order valence-corrected chi connectivity index (χ0v) is 14.0. The summed E-state index contributed by atoms with van der Waals surface area (Å²) >= 11 is 0. The van der Waals surface area contributed by atoms with Crippen molar-refractivity contribution in [3.8, 4) is 0 Å². The van der Waals surface area contributed by atoms with Crippen LogP contribution in [-0.4, -0.2) is 89.3 Å². The van der Waals surface area contributed by atoms with Crippen LogP contribution in [0.2, 0.25) is 0 Å². The zero-order chi connectivity index (χ0) is 13.8. The van der Waals surface area contributed by atoms with Crippen molar-refractivity contribution in [2.75, 3.05) is 32.8 Å². The molecule has 7 heteroatoms. The molecule has 0 saturated heterocycles. The molecule has 0 aromatic heterocycles. The van der Waals surface area contributed by atoms with Gasteiger partial charge >= 0.3 is 5.97 Å². The Balaban J connectivity index is 0. The number of unbranched alkanes of at least 4 members (excludes halogenated alkanes) is 2. The van der Waals surface area contributed by atoms with Crippen LogP contribution in [0.3, 0.4) is 0 Å². The summed E-state index contributed by atoms with van der Waals surface area (Å²) in [7, 11) is 0. The first-order chi connectivity index (χ1) is 8.60. The van der Waals surface area contributed by atoms with E-state index in [9.17, 15) is 9.59 Å². The third-order valence-electron chi connectivity index (χ3n) is 2.53. The number of amides is 1. The van der Waals surface area contributed by atoms with Crippen LogP contribution in [0.1, 0.15) is 32.6 Å². The van der Waals surface area contributed by atoms with Crippen LogP contribution in [0.15, 0.2) is 0 Å². The van der Waals surface area contributed by atoms with Crippen LogP contribution in [-0.2, 0) is 9.59 Å². The maximum Gasteiger partial charge on any atom is 0.317 e. The Morgan fingerprint density at radius 1 is 1.21 bits per heavy atom. The molecule has 0 aromatic rings. The van der Waals surface area contributed by atoms with Crippen LogP contribution in [0.25, 0.3) is 0 Å². The number of rotatable bonds is 11. The van der Waals surface area contributed by atoms with Crippen LogP contribution in [0, 0.1) is 0 Å². The quantitative estimate of drug-likeness (QED) is 0.357. The summed E-state index contributed by atoms with van der Waals surface area (Å²) in [4.78, 5) is 23.5. The van der Waals surface area contributed by atoms with E-state index in [1.165, 1.54) is 0 Å². The number of carbonyl (C=O) groups is 2. The van der Waals surface area contributed by atoms with Gasteiger partial charge in [-0.2, -0.15) is 0 Å². The summed E-state index contributed by atoms with van der Waals surface area (Å²) < 4.78 is 0. The van der Waals surface area contributed by atoms with Crippen molar-refractivity contribution < 1.29 is 19.8 Å². The minimum atomic E-state index is -0.933. The molecule has 0 rings (SSSR count). The molecule has 19 heavy (non-hydrogen) atoms. The van der Waals surface area contributed by atoms with Gasteiger partial charge in [-0.15, -0.1) is 0 Å². The predicted molar refractivity (Wildman–Crippen MR) is 74.1 cm³/mol. The topological polar surface area (TPSA) is 89.9 Å². The van der Waals surface area contributed by atoms with E-state index >= 15 is 0 Å². The molecule has 0 aliphatic carbocycles. The second-order valence-electron chi connectivity index (χ2n) is 4.20. The second-order valence-corrected chi connectivity index (χ2v) is 4.20. The predicted octanol–water partition coefficient (Wildman–Crippen LogP) is -0.319. The fourth-order valence-electron chi connectivity index (χ4n) is 1.58. The van der Waals surface area contributed by atoms with Crippen molar-refractivity contribution in [2.24, 2.45) is 0 Å². The summed E-state index contributed by atoms with van der Waals surface area (Å²) in [5.74, 6) is -0.930. The first kappa shape index (κ1) is 21.2. The Bertz CT molecular complexity index is 252. The molecule has 0 fully saturated rings. The Morgan fingerprint density at radius 2 is 1.89 bits per heavy atom. The van der Waals surface area contributed by atoms with Gasteiger partial charge in [0.2, 0.25) is 5.91 Å². The van der Waals surface area contributed by atoms with Gasteiger partial charge < -0.3 is 15.5 Å². The number of aliphatic hydroxyl groups excluding tert-OH is 1. The normalized spacial score (nSPS) is 10.1. The van der Waals surface area contributed by atoms with E-state index in [1.807, 2.05) is 0 Å². The number of hydrogen-bond donors (Lipinski definition) is 3. The van der Waals surface area contributed by atoms with E-state index in [2.05, 4.69) is 12.2 Å². The first-order valence-corrected chi connectivity index (χ1v) is 6.41. The molecule has 0 heterocycles. The molecule has 1 amide bonds. The number of hydrogen-bond acceptors (Lipinski definition) is 4. The molecule has 0 bridgehead atoms. The van der Waals surface area contributed by atoms with Crippen molar-refractivity contribution in [2.45, 2.75) is 32.6 Å². The van der Waals surface area contributed by atoms with E-state index in [0.29, 0.717) is 26.1 Å². The van der Waals surface area contributed by atoms with Crippen LogP contribution in [0.5, 0.6) is 0 Å². The summed E-state index contributed by atoms with van der Waals surface area (Å²) in [6.45, 7) is 3.03. The number of nitrogens with one attached hydrogen (secondary N) is 1. The standard InChI is InChI=1S/C12H24N2O4.Na/c1-2-3-4-5-11(16)13-6-7-14(8-9-15)10-12(17)18;/h15H,2-10H2,1H3,(H,13,16)(H,17,18);. The van der Waals surface area contributed by atoms with Gasteiger partial charge in [-0.25, -0.2) is 0 Å². The third kappa shape index (κ3) is 14.1. The van der Waals surface area contributed by atoms with Gasteiger partial charge in [-0.05, 0) is 6.42 Å². The van der Waals surface area contributed by atoms with E-state index in [0.717, 1.165) is 19.3 Å². The largest absolute Gasteiger partial charge is 0.480 e. The Morgan fingerprint density at radius 3 is 2.42 bits per heavy atom. The Hall–Kier alpha value is -0.140. The smallest absolute Gasteiger partial charge is 0.317 e. The van der Waals surface area contributed by atoms with E-state index in [-0.39, 0.29) is 48.6 Å². The molecule has 0 aromatic carbocycles. The molecule has 1 radical (unpaired) electrons. The van der Waals surface area contributed by atoms with Crippen molar-refractivity contribution in [1.29, 1.82) is 0 Å². The van der Waals surface area contributed by atoms with Crippen molar-refractivity contribution in [1.82, 2.24) is 10.2 Å². The number of aliphatic hydroxyl groups is 1. The molecule has 0 aliphatic heterocycles. The van der Waals surface area contributed by atoms with Gasteiger partial charge in [0, 0.05) is 55.6 Å². The first-order valence-electron chi connectivity index (χ1n) is 6.41. The third-order valence-corrected chi connectivity index (χ3v) is 2.53. The molecule has 0 unspecified atom stereocenters. The minimum Gasteiger partial charge on any atom is -0.480 e. The number of carboxylic acids is 1. The molecule has 6 nitrogen and oxygen atoms in total. The molecule has 107 valence electrons. The van der Waals surface area contributed by atoms with Crippen molar-refractivity contribution >= 4 is 41.4 Å². The number of carbonyl (C=O) groups excluding carboxylic acids is 1. The van der Waals surface area contributed by atoms with Gasteiger partial charge in [-0.1, -0.05) is 19.8 Å². The minimum absolute atomic E-state index is 0. The van der Waals surface area contributed by atoms with Crippen LogP contribution >= 0.6 is 0 Å². The number of nitrogens with zero attached hydrogens (tertiary/aromatic N) is 1. The Kier molecular flexibility index (Phi) is 15.9. The number of carboxylic acid groups (broad SMARTS) is 1. The fraction of sp³-hybridized carbons (Fsp3) is 0.833. The molecule has 0 saturated carbocycles. The molecule has 0 atom stereocenters. The fourth-order valence-corrected chi connectivity index (χ4v) is 1.58. The summed E-state index contributed by atoms with van der Waals surface area (Å²) in [6.07, 6.45) is 3.53. The van der Waals surface area contributed by atoms with E-state index < -0.39 is 5.97 Å².